The molecule has 0 radical (unpaired) electrons. The third kappa shape index (κ3) is 4.12. The second-order valence-electron chi connectivity index (χ2n) is 8.87. The van der Waals surface area contributed by atoms with Gasteiger partial charge in [0.1, 0.15) is 23.5 Å². The summed E-state index contributed by atoms with van der Waals surface area (Å²) in [7, 11) is 0. The third-order valence-electron chi connectivity index (χ3n) is 6.29. The molecule has 0 aliphatic carbocycles. The number of rotatable bonds is 6. The van der Waals surface area contributed by atoms with E-state index in [4.69, 9.17) is 5.10 Å². The number of hydrogen-bond donors (Lipinski definition) is 1. The van der Waals surface area contributed by atoms with E-state index in [1.807, 2.05) is 73.3 Å². The van der Waals surface area contributed by atoms with Gasteiger partial charge in [-0.15, -0.1) is 0 Å². The lowest BCUT2D eigenvalue weighted by molar-refractivity contribution is 0.102. The molecule has 0 bridgehead atoms. The highest BCUT2D eigenvalue weighted by molar-refractivity contribution is 6.08. The molecular formula is C27H25N9O. The van der Waals surface area contributed by atoms with Gasteiger partial charge in [-0.2, -0.15) is 10.2 Å². The van der Waals surface area contributed by atoms with E-state index in [-0.39, 0.29) is 5.91 Å². The average molecular weight is 492 g/mol. The van der Waals surface area contributed by atoms with Crippen molar-refractivity contribution in [2.75, 3.05) is 5.32 Å². The van der Waals surface area contributed by atoms with Gasteiger partial charge in [-0.1, -0.05) is 19.1 Å². The van der Waals surface area contributed by atoms with E-state index in [2.05, 4.69) is 32.3 Å². The first kappa shape index (κ1) is 22.6. The van der Waals surface area contributed by atoms with E-state index in [0.29, 0.717) is 29.4 Å². The fourth-order valence-electron chi connectivity index (χ4n) is 4.56. The van der Waals surface area contributed by atoms with E-state index < -0.39 is 0 Å². The van der Waals surface area contributed by atoms with Crippen LogP contribution in [0.2, 0.25) is 0 Å². The molecule has 1 amide bonds. The Bertz CT molecular complexity index is 1780. The molecule has 6 rings (SSSR count). The molecule has 0 saturated heterocycles. The Morgan fingerprint density at radius 3 is 2.68 bits per heavy atom. The number of pyridine rings is 2. The van der Waals surface area contributed by atoms with Crippen molar-refractivity contribution < 1.29 is 4.79 Å². The molecule has 37 heavy (non-hydrogen) atoms. The minimum Gasteiger partial charge on any atom is -0.320 e. The quantitative estimate of drug-likeness (QED) is 0.375. The number of hydrogen-bond acceptors (Lipinski definition) is 6. The SMILES string of the molecule is CCc1nn(Cc2cccc(C)n2)c2cccc(NC(=O)c3cnc4cc(-n5cnc(C)n5)ccn34)c12. The molecule has 10 nitrogen and oxygen atoms in total. The predicted octanol–water partition coefficient (Wildman–Crippen LogP) is 4.14. The van der Waals surface area contributed by atoms with Crippen LogP contribution in [0.1, 0.15) is 40.3 Å². The van der Waals surface area contributed by atoms with Crippen LogP contribution in [0.4, 0.5) is 5.69 Å². The van der Waals surface area contributed by atoms with Crippen LogP contribution >= 0.6 is 0 Å². The summed E-state index contributed by atoms with van der Waals surface area (Å²) in [5.74, 6) is 0.432. The molecule has 0 aliphatic rings. The molecule has 0 aliphatic heterocycles. The molecule has 5 aromatic heterocycles. The van der Waals surface area contributed by atoms with Gasteiger partial charge < -0.3 is 5.32 Å². The molecule has 1 aromatic carbocycles. The van der Waals surface area contributed by atoms with Crippen LogP contribution < -0.4 is 5.32 Å². The zero-order valence-corrected chi connectivity index (χ0v) is 20.8. The van der Waals surface area contributed by atoms with Crippen LogP contribution in [0, 0.1) is 13.8 Å². The number of nitrogens with one attached hydrogen (secondary N) is 1. The van der Waals surface area contributed by atoms with Crippen LogP contribution in [-0.2, 0) is 13.0 Å². The van der Waals surface area contributed by atoms with Gasteiger partial charge in [0, 0.05) is 23.3 Å². The van der Waals surface area contributed by atoms with Gasteiger partial charge in [0.2, 0.25) is 0 Å². The number of aryl methyl sites for hydroxylation is 3. The Balaban J connectivity index is 1.33. The fraction of sp³-hybridized carbons (Fsp3) is 0.185. The van der Waals surface area contributed by atoms with E-state index in [0.717, 1.165) is 40.1 Å². The molecule has 10 heteroatoms. The molecule has 184 valence electrons. The van der Waals surface area contributed by atoms with Crippen LogP contribution in [0.15, 0.2) is 67.3 Å². The zero-order valence-electron chi connectivity index (χ0n) is 20.8. The monoisotopic (exact) mass is 491 g/mol. The zero-order chi connectivity index (χ0) is 25.5. The normalized spacial score (nSPS) is 11.4. The van der Waals surface area contributed by atoms with E-state index >= 15 is 0 Å². The largest absolute Gasteiger partial charge is 0.320 e. The fourth-order valence-corrected chi connectivity index (χ4v) is 4.56. The molecule has 0 atom stereocenters. The minimum atomic E-state index is -0.250. The highest BCUT2D eigenvalue weighted by Gasteiger charge is 2.18. The smallest absolute Gasteiger partial charge is 0.274 e. The number of imidazole rings is 1. The van der Waals surface area contributed by atoms with E-state index in [9.17, 15) is 4.79 Å². The van der Waals surface area contributed by atoms with Gasteiger partial charge >= 0.3 is 0 Å². The standard InChI is InChI=1S/C27H25N9O/c1-4-21-26-22(9-6-10-23(26)35(33-21)15-19-8-5-7-17(2)30-19)31-27(37)24-14-28-25-13-20(11-12-34(24)25)36-16-29-18(3)32-36/h5-14,16H,4,15H2,1-3H3,(H,31,37). The van der Waals surface area contributed by atoms with E-state index in [1.54, 1.807) is 21.6 Å². The number of carbonyl (C=O) groups is 1. The highest BCUT2D eigenvalue weighted by Crippen LogP contribution is 2.28. The second-order valence-corrected chi connectivity index (χ2v) is 8.87. The number of carbonyl (C=O) groups excluding carboxylic acids is 1. The number of aromatic nitrogens is 8. The summed E-state index contributed by atoms with van der Waals surface area (Å²) in [5, 5.41) is 13.2. The summed E-state index contributed by atoms with van der Waals surface area (Å²) in [5.41, 5.74) is 6.38. The predicted molar refractivity (Wildman–Crippen MR) is 140 cm³/mol. The Labute approximate surface area is 212 Å². The van der Waals surface area contributed by atoms with Gasteiger partial charge in [0.25, 0.3) is 5.91 Å². The van der Waals surface area contributed by atoms with E-state index in [1.165, 1.54) is 0 Å². The molecule has 6 aromatic rings. The topological polar surface area (TPSA) is 108 Å². The van der Waals surface area contributed by atoms with Crippen molar-refractivity contribution in [3.63, 3.8) is 0 Å². The van der Waals surface area contributed by atoms with Gasteiger partial charge in [-0.25, -0.2) is 14.6 Å². The first-order valence-corrected chi connectivity index (χ1v) is 12.1. The van der Waals surface area contributed by atoms with Gasteiger partial charge in [0.15, 0.2) is 0 Å². The summed E-state index contributed by atoms with van der Waals surface area (Å²) < 4.78 is 5.39. The number of fused-ring (bicyclic) bond motifs is 2. The van der Waals surface area contributed by atoms with Crippen molar-refractivity contribution in [3.8, 4) is 5.69 Å². The first-order chi connectivity index (χ1) is 18.0. The van der Waals surface area contributed by atoms with Crippen molar-refractivity contribution >= 4 is 28.1 Å². The summed E-state index contributed by atoms with van der Waals surface area (Å²) in [4.78, 5) is 26.6. The Kier molecular flexibility index (Phi) is 5.48. The molecule has 0 fully saturated rings. The number of amides is 1. The average Bonchev–Trinajstić information content (AvgIpc) is 3.61. The van der Waals surface area contributed by atoms with Crippen molar-refractivity contribution in [1.82, 2.24) is 38.9 Å². The minimum absolute atomic E-state index is 0.250. The maximum atomic E-state index is 13.4. The molecule has 1 N–H and O–H groups in total. The summed E-state index contributed by atoms with van der Waals surface area (Å²) in [6.07, 6.45) is 5.78. The number of benzene rings is 1. The number of nitrogens with zero attached hydrogens (tertiary/aromatic N) is 8. The lowest BCUT2D eigenvalue weighted by Crippen LogP contribution is -2.14. The van der Waals surface area contributed by atoms with Crippen molar-refractivity contribution in [2.45, 2.75) is 33.7 Å². The summed E-state index contributed by atoms with van der Waals surface area (Å²) in [6.45, 7) is 6.43. The maximum Gasteiger partial charge on any atom is 0.274 e. The van der Waals surface area contributed by atoms with Gasteiger partial charge in [-0.05, 0) is 50.6 Å². The lowest BCUT2D eigenvalue weighted by Gasteiger charge is -2.09. The van der Waals surface area contributed by atoms with Crippen LogP contribution in [0.5, 0.6) is 0 Å². The Morgan fingerprint density at radius 2 is 1.89 bits per heavy atom. The second kappa shape index (κ2) is 8.98. The maximum absolute atomic E-state index is 13.4. The van der Waals surface area contributed by atoms with Crippen LogP contribution in [0.3, 0.4) is 0 Å². The third-order valence-corrected chi connectivity index (χ3v) is 6.29. The lowest BCUT2D eigenvalue weighted by atomic mass is 10.1. The molecule has 0 saturated carbocycles. The number of anilines is 1. The van der Waals surface area contributed by atoms with Crippen molar-refractivity contribution in [3.05, 3.63) is 95.9 Å². The highest BCUT2D eigenvalue weighted by atomic mass is 16.2. The molecular weight excluding hydrogens is 466 g/mol. The molecule has 0 spiro atoms. The summed E-state index contributed by atoms with van der Waals surface area (Å²) >= 11 is 0. The van der Waals surface area contributed by atoms with Gasteiger partial charge in [-0.3, -0.25) is 18.9 Å². The van der Waals surface area contributed by atoms with Crippen molar-refractivity contribution in [2.24, 2.45) is 0 Å². The van der Waals surface area contributed by atoms with Crippen molar-refractivity contribution in [1.29, 1.82) is 0 Å². The summed E-state index contributed by atoms with van der Waals surface area (Å²) in [6, 6.07) is 15.6. The van der Waals surface area contributed by atoms with Crippen LogP contribution in [-0.4, -0.2) is 44.8 Å². The Hall–Kier alpha value is -4.86. The first-order valence-electron chi connectivity index (χ1n) is 12.1. The Morgan fingerprint density at radius 1 is 1.03 bits per heavy atom. The van der Waals surface area contributed by atoms with Gasteiger partial charge in [0.05, 0.1) is 41.0 Å². The molecule has 5 heterocycles. The molecule has 0 unspecified atom stereocenters. The van der Waals surface area contributed by atoms with Crippen LogP contribution in [0.25, 0.3) is 22.2 Å².